The number of aromatic amines is 1. The smallest absolute Gasteiger partial charge is 0.224 e. The molecule has 0 bridgehead atoms. The zero-order valence-corrected chi connectivity index (χ0v) is 14.9. The van der Waals surface area contributed by atoms with Crippen LogP contribution >= 0.6 is 0 Å². The maximum absolute atomic E-state index is 12.3. The van der Waals surface area contributed by atoms with Crippen LogP contribution in [0.15, 0.2) is 48.9 Å². The van der Waals surface area contributed by atoms with Crippen molar-refractivity contribution >= 4 is 33.5 Å². The first-order valence-corrected chi connectivity index (χ1v) is 8.80. The minimum absolute atomic E-state index is 0.0207. The number of fused-ring (bicyclic) bond motifs is 2. The summed E-state index contributed by atoms with van der Waals surface area (Å²) in [5.41, 5.74) is 3.78. The average molecular weight is 347 g/mol. The molecule has 6 heteroatoms. The van der Waals surface area contributed by atoms with Gasteiger partial charge in [0.2, 0.25) is 5.91 Å². The molecule has 4 aromatic rings. The van der Waals surface area contributed by atoms with E-state index in [0.29, 0.717) is 18.5 Å². The minimum atomic E-state index is -0.0207. The molecule has 2 N–H and O–H groups in total. The third-order valence-electron chi connectivity index (χ3n) is 4.50. The second kappa shape index (κ2) is 6.63. The fourth-order valence-corrected chi connectivity index (χ4v) is 3.20. The second-order valence-electron chi connectivity index (χ2n) is 6.73. The Hall–Kier alpha value is -3.15. The van der Waals surface area contributed by atoms with Gasteiger partial charge >= 0.3 is 0 Å². The molecule has 0 radical (unpaired) electrons. The largest absolute Gasteiger partial charge is 0.361 e. The number of benzene rings is 1. The number of anilines is 1. The van der Waals surface area contributed by atoms with Crippen molar-refractivity contribution in [2.24, 2.45) is 0 Å². The Kier molecular flexibility index (Phi) is 4.16. The quantitative estimate of drug-likeness (QED) is 0.571. The highest BCUT2D eigenvalue weighted by Gasteiger charge is 2.10. The van der Waals surface area contributed by atoms with Crippen LogP contribution in [-0.2, 0) is 11.2 Å². The van der Waals surface area contributed by atoms with Crippen molar-refractivity contribution in [2.45, 2.75) is 32.7 Å². The van der Waals surface area contributed by atoms with Crippen molar-refractivity contribution < 1.29 is 4.79 Å². The van der Waals surface area contributed by atoms with Gasteiger partial charge in [-0.1, -0.05) is 18.2 Å². The Balaban J connectivity index is 1.44. The van der Waals surface area contributed by atoms with E-state index < -0.39 is 0 Å². The lowest BCUT2D eigenvalue weighted by molar-refractivity contribution is -0.116. The molecule has 1 amide bonds. The molecule has 0 fully saturated rings. The SMILES string of the molecule is CC(C)n1ncc2cc(NC(=O)CCc3c[nH]c4ccccc34)cnc21. The van der Waals surface area contributed by atoms with E-state index in [1.807, 2.05) is 35.1 Å². The maximum Gasteiger partial charge on any atom is 0.224 e. The molecule has 3 aromatic heterocycles. The molecule has 0 aliphatic heterocycles. The average Bonchev–Trinajstić information content (AvgIpc) is 3.23. The van der Waals surface area contributed by atoms with Gasteiger partial charge in [-0.15, -0.1) is 0 Å². The van der Waals surface area contributed by atoms with Crippen LogP contribution in [-0.4, -0.2) is 25.7 Å². The second-order valence-corrected chi connectivity index (χ2v) is 6.73. The van der Waals surface area contributed by atoms with Gasteiger partial charge in [-0.3, -0.25) is 4.79 Å². The number of carbonyl (C=O) groups excluding carboxylic acids is 1. The lowest BCUT2D eigenvalue weighted by atomic mass is 10.1. The molecule has 0 saturated heterocycles. The van der Waals surface area contributed by atoms with E-state index in [1.54, 1.807) is 12.4 Å². The van der Waals surface area contributed by atoms with Gasteiger partial charge in [0.1, 0.15) is 0 Å². The predicted octanol–water partition coefficient (Wildman–Crippen LogP) is 4.06. The van der Waals surface area contributed by atoms with E-state index in [-0.39, 0.29) is 11.9 Å². The monoisotopic (exact) mass is 347 g/mol. The molecule has 6 nitrogen and oxygen atoms in total. The van der Waals surface area contributed by atoms with Crippen LogP contribution in [0.4, 0.5) is 5.69 Å². The number of pyridine rings is 1. The molecule has 3 heterocycles. The van der Waals surface area contributed by atoms with Crippen LogP contribution < -0.4 is 5.32 Å². The number of hydrogen-bond acceptors (Lipinski definition) is 3. The molecule has 0 spiro atoms. The number of hydrogen-bond donors (Lipinski definition) is 2. The molecule has 4 rings (SSSR count). The zero-order chi connectivity index (χ0) is 18.1. The van der Waals surface area contributed by atoms with E-state index in [0.717, 1.165) is 22.1 Å². The maximum atomic E-state index is 12.3. The summed E-state index contributed by atoms with van der Waals surface area (Å²) in [6, 6.07) is 10.3. The molecule has 0 unspecified atom stereocenters. The molecule has 132 valence electrons. The van der Waals surface area contributed by atoms with Crippen LogP contribution in [0.5, 0.6) is 0 Å². The van der Waals surface area contributed by atoms with Crippen molar-refractivity contribution in [3.05, 3.63) is 54.5 Å². The highest BCUT2D eigenvalue weighted by Crippen LogP contribution is 2.21. The van der Waals surface area contributed by atoms with Crippen LogP contribution in [0.3, 0.4) is 0 Å². The van der Waals surface area contributed by atoms with Gasteiger partial charge in [-0.2, -0.15) is 5.10 Å². The summed E-state index contributed by atoms with van der Waals surface area (Å²) in [7, 11) is 0. The molecular weight excluding hydrogens is 326 g/mol. The Bertz CT molecular complexity index is 1080. The number of amides is 1. The molecule has 1 aromatic carbocycles. The van der Waals surface area contributed by atoms with Gasteiger partial charge in [0.05, 0.1) is 18.1 Å². The van der Waals surface area contributed by atoms with E-state index in [4.69, 9.17) is 0 Å². The number of aryl methyl sites for hydroxylation is 1. The third-order valence-corrected chi connectivity index (χ3v) is 4.50. The van der Waals surface area contributed by atoms with Crippen LogP contribution in [0.1, 0.15) is 31.9 Å². The third kappa shape index (κ3) is 3.06. The molecule has 0 atom stereocenters. The van der Waals surface area contributed by atoms with Crippen molar-refractivity contribution in [2.75, 3.05) is 5.32 Å². The Morgan fingerprint density at radius 1 is 1.27 bits per heavy atom. The number of rotatable bonds is 5. The minimum Gasteiger partial charge on any atom is -0.361 e. The van der Waals surface area contributed by atoms with Crippen LogP contribution in [0.25, 0.3) is 21.9 Å². The van der Waals surface area contributed by atoms with Gasteiger partial charge in [-0.25, -0.2) is 9.67 Å². The van der Waals surface area contributed by atoms with E-state index in [9.17, 15) is 4.79 Å². The van der Waals surface area contributed by atoms with E-state index >= 15 is 0 Å². The zero-order valence-electron chi connectivity index (χ0n) is 14.9. The van der Waals surface area contributed by atoms with Crippen molar-refractivity contribution in [3.63, 3.8) is 0 Å². The Labute approximate surface area is 151 Å². The van der Waals surface area contributed by atoms with Crippen LogP contribution in [0.2, 0.25) is 0 Å². The number of aromatic nitrogens is 4. The first kappa shape index (κ1) is 16.3. The molecule has 0 aliphatic rings. The number of nitrogens with zero attached hydrogens (tertiary/aromatic N) is 3. The van der Waals surface area contributed by atoms with Gasteiger partial charge in [0.25, 0.3) is 0 Å². The number of nitrogens with one attached hydrogen (secondary N) is 2. The highest BCUT2D eigenvalue weighted by atomic mass is 16.1. The first-order valence-electron chi connectivity index (χ1n) is 8.80. The van der Waals surface area contributed by atoms with Crippen molar-refractivity contribution in [1.29, 1.82) is 0 Å². The topological polar surface area (TPSA) is 75.6 Å². The lowest BCUT2D eigenvalue weighted by Crippen LogP contribution is -2.12. The van der Waals surface area contributed by atoms with Gasteiger partial charge in [-0.05, 0) is 38.0 Å². The van der Waals surface area contributed by atoms with Crippen molar-refractivity contribution in [3.8, 4) is 0 Å². The van der Waals surface area contributed by atoms with E-state index in [2.05, 4.69) is 40.3 Å². The number of para-hydroxylation sites is 1. The standard InChI is InChI=1S/C20H21N5O/c1-13(2)25-20-15(11-23-25)9-16(12-22-20)24-19(26)8-7-14-10-21-18-6-4-3-5-17(14)18/h3-6,9-13,21H,7-8H2,1-2H3,(H,24,26). The highest BCUT2D eigenvalue weighted by molar-refractivity contribution is 5.93. The predicted molar refractivity (Wildman–Crippen MR) is 103 cm³/mol. The summed E-state index contributed by atoms with van der Waals surface area (Å²) in [5, 5.41) is 9.38. The summed E-state index contributed by atoms with van der Waals surface area (Å²) in [6.07, 6.45) is 6.56. The van der Waals surface area contributed by atoms with Crippen LogP contribution in [0, 0.1) is 0 Å². The summed E-state index contributed by atoms with van der Waals surface area (Å²) in [6.45, 7) is 4.13. The normalized spacial score (nSPS) is 11.5. The Morgan fingerprint density at radius 2 is 2.12 bits per heavy atom. The van der Waals surface area contributed by atoms with Gasteiger partial charge in [0.15, 0.2) is 5.65 Å². The summed E-state index contributed by atoms with van der Waals surface area (Å²) < 4.78 is 1.87. The number of H-pyrrole nitrogens is 1. The summed E-state index contributed by atoms with van der Waals surface area (Å²) >= 11 is 0. The molecule has 26 heavy (non-hydrogen) atoms. The van der Waals surface area contributed by atoms with Gasteiger partial charge < -0.3 is 10.3 Å². The van der Waals surface area contributed by atoms with Crippen molar-refractivity contribution in [1.82, 2.24) is 19.7 Å². The fraction of sp³-hybridized carbons (Fsp3) is 0.250. The number of carbonyl (C=O) groups is 1. The van der Waals surface area contributed by atoms with E-state index in [1.165, 1.54) is 5.39 Å². The van der Waals surface area contributed by atoms with Gasteiger partial charge in [0, 0.05) is 34.9 Å². The Morgan fingerprint density at radius 3 is 2.96 bits per heavy atom. The lowest BCUT2D eigenvalue weighted by Gasteiger charge is -2.07. The molecular formula is C20H21N5O. The summed E-state index contributed by atoms with van der Waals surface area (Å²) in [4.78, 5) is 20.0. The molecule has 0 saturated carbocycles. The molecule has 0 aliphatic carbocycles. The first-order chi connectivity index (χ1) is 12.6. The fourth-order valence-electron chi connectivity index (χ4n) is 3.20. The summed E-state index contributed by atoms with van der Waals surface area (Å²) in [5.74, 6) is -0.0207.